The summed E-state index contributed by atoms with van der Waals surface area (Å²) in [4.78, 5) is 31.0. The van der Waals surface area contributed by atoms with Gasteiger partial charge in [-0.2, -0.15) is 4.98 Å². The van der Waals surface area contributed by atoms with Crippen LogP contribution in [-0.2, 0) is 22.4 Å². The third-order valence-electron chi connectivity index (χ3n) is 6.99. The van der Waals surface area contributed by atoms with Crippen LogP contribution < -0.4 is 10.2 Å². The lowest BCUT2D eigenvalue weighted by molar-refractivity contribution is 0.0223. The maximum absolute atomic E-state index is 12.9. The van der Waals surface area contributed by atoms with Gasteiger partial charge in [0.05, 0.1) is 12.2 Å². The molecule has 1 saturated heterocycles. The number of carbonyl (C=O) groups excluding carboxylic acids is 1. The third kappa shape index (κ3) is 5.75. The molecule has 4 heterocycles. The zero-order valence-corrected chi connectivity index (χ0v) is 22.9. The molecule has 10 heteroatoms. The topological polar surface area (TPSA) is 97.6 Å². The lowest BCUT2D eigenvalue weighted by Crippen LogP contribution is -2.42. The Labute approximate surface area is 224 Å². The van der Waals surface area contributed by atoms with Crippen molar-refractivity contribution in [3.8, 4) is 5.69 Å². The van der Waals surface area contributed by atoms with Crippen molar-refractivity contribution < 1.29 is 14.3 Å². The fourth-order valence-electron chi connectivity index (χ4n) is 4.96. The normalized spacial score (nSPS) is 16.2. The van der Waals surface area contributed by atoms with Crippen molar-refractivity contribution in [3.05, 3.63) is 53.7 Å². The van der Waals surface area contributed by atoms with Gasteiger partial charge in [0.25, 0.3) is 0 Å². The molecule has 38 heavy (non-hydrogen) atoms. The SMILES string of the molecule is Cc1nccn1-c1ccc(Nc2nc3c(c(N(C)C4CCOCC4)n2)CN(C(=O)OC(C)(C)C)CC3)cc1. The average Bonchev–Trinajstić information content (AvgIpc) is 3.33. The zero-order valence-electron chi connectivity index (χ0n) is 22.9. The molecule has 0 aliphatic carbocycles. The highest BCUT2D eigenvalue weighted by Crippen LogP contribution is 2.32. The van der Waals surface area contributed by atoms with Gasteiger partial charge in [-0.15, -0.1) is 0 Å². The molecule has 2 aliphatic rings. The molecule has 1 aromatic carbocycles. The Hall–Kier alpha value is -3.66. The van der Waals surface area contributed by atoms with E-state index in [9.17, 15) is 4.79 Å². The number of ether oxygens (including phenoxy) is 2. The molecular formula is C28H37N7O3. The van der Waals surface area contributed by atoms with Crippen LogP contribution in [0.2, 0.25) is 0 Å². The summed E-state index contributed by atoms with van der Waals surface area (Å²) < 4.78 is 13.3. The van der Waals surface area contributed by atoms with Gasteiger partial charge in [0.1, 0.15) is 17.2 Å². The smallest absolute Gasteiger partial charge is 0.410 e. The first-order valence-electron chi connectivity index (χ1n) is 13.2. The lowest BCUT2D eigenvalue weighted by atomic mass is 10.0. The van der Waals surface area contributed by atoms with Gasteiger partial charge in [0.2, 0.25) is 5.95 Å². The quantitative estimate of drug-likeness (QED) is 0.521. The molecular weight excluding hydrogens is 482 g/mol. The van der Waals surface area contributed by atoms with Crippen molar-refractivity contribution in [3.63, 3.8) is 0 Å². The number of imidazole rings is 1. The Morgan fingerprint density at radius 1 is 1.16 bits per heavy atom. The third-order valence-corrected chi connectivity index (χ3v) is 6.99. The lowest BCUT2D eigenvalue weighted by Gasteiger charge is -2.36. The highest BCUT2D eigenvalue weighted by molar-refractivity contribution is 5.70. The summed E-state index contributed by atoms with van der Waals surface area (Å²) in [7, 11) is 2.08. The summed E-state index contributed by atoms with van der Waals surface area (Å²) in [6.45, 7) is 10.1. The van der Waals surface area contributed by atoms with Crippen molar-refractivity contribution in [1.29, 1.82) is 0 Å². The van der Waals surface area contributed by atoms with Crippen LogP contribution in [0.5, 0.6) is 0 Å². The van der Waals surface area contributed by atoms with E-state index in [1.165, 1.54) is 0 Å². The predicted octanol–water partition coefficient (Wildman–Crippen LogP) is 4.62. The minimum absolute atomic E-state index is 0.307. The molecule has 0 spiro atoms. The molecule has 5 rings (SSSR count). The Bertz CT molecular complexity index is 1280. The first-order valence-corrected chi connectivity index (χ1v) is 13.2. The van der Waals surface area contributed by atoms with E-state index in [1.54, 1.807) is 11.1 Å². The van der Waals surface area contributed by atoms with E-state index in [1.807, 2.05) is 62.7 Å². The number of amides is 1. The molecule has 0 atom stereocenters. The van der Waals surface area contributed by atoms with E-state index in [0.717, 1.165) is 60.3 Å². The molecule has 1 fully saturated rings. The summed E-state index contributed by atoms with van der Waals surface area (Å²) in [6.07, 6.45) is 5.94. The second kappa shape index (κ2) is 10.6. The van der Waals surface area contributed by atoms with Crippen LogP contribution >= 0.6 is 0 Å². The molecule has 1 N–H and O–H groups in total. The van der Waals surface area contributed by atoms with E-state index < -0.39 is 5.60 Å². The maximum Gasteiger partial charge on any atom is 0.410 e. The number of aryl methyl sites for hydroxylation is 1. The molecule has 2 aliphatic heterocycles. The minimum atomic E-state index is -0.546. The van der Waals surface area contributed by atoms with E-state index >= 15 is 0 Å². The first-order chi connectivity index (χ1) is 18.2. The van der Waals surface area contributed by atoms with Crippen molar-refractivity contribution in [2.45, 2.75) is 65.1 Å². The Balaban J connectivity index is 1.42. The summed E-state index contributed by atoms with van der Waals surface area (Å²) in [5, 5.41) is 3.40. The summed E-state index contributed by atoms with van der Waals surface area (Å²) in [5.41, 5.74) is 3.33. The summed E-state index contributed by atoms with van der Waals surface area (Å²) in [6, 6.07) is 8.44. The largest absolute Gasteiger partial charge is 0.444 e. The number of nitrogens with one attached hydrogen (secondary N) is 1. The van der Waals surface area contributed by atoms with Crippen LogP contribution in [0.15, 0.2) is 36.7 Å². The van der Waals surface area contributed by atoms with Gasteiger partial charge >= 0.3 is 6.09 Å². The standard InChI is InChI=1S/C28H37N7O3/c1-19-29-13-15-35(19)22-8-6-20(7-9-22)30-26-31-24-10-14-34(27(36)38-28(2,3)4)18-23(24)25(32-26)33(5)21-11-16-37-17-12-21/h6-9,13,15,21H,10-12,14,16-18H2,1-5H3,(H,30,31,32). The maximum atomic E-state index is 12.9. The van der Waals surface area contributed by atoms with Gasteiger partial charge in [-0.05, 0) is 64.8 Å². The van der Waals surface area contributed by atoms with Crippen LogP contribution in [0, 0.1) is 6.92 Å². The molecule has 1 amide bonds. The van der Waals surface area contributed by atoms with Crippen molar-refractivity contribution in [2.75, 3.05) is 37.0 Å². The van der Waals surface area contributed by atoms with E-state index in [4.69, 9.17) is 19.4 Å². The van der Waals surface area contributed by atoms with E-state index in [2.05, 4.69) is 22.2 Å². The molecule has 10 nitrogen and oxygen atoms in total. The Kier molecular flexibility index (Phi) is 7.25. The number of rotatable bonds is 5. The number of hydrogen-bond donors (Lipinski definition) is 1. The van der Waals surface area contributed by atoms with Gasteiger partial charge in [-0.1, -0.05) is 0 Å². The Morgan fingerprint density at radius 3 is 2.55 bits per heavy atom. The van der Waals surface area contributed by atoms with Gasteiger partial charge in [-0.25, -0.2) is 14.8 Å². The van der Waals surface area contributed by atoms with Crippen LogP contribution in [0.1, 0.15) is 50.7 Å². The van der Waals surface area contributed by atoms with E-state index in [0.29, 0.717) is 31.5 Å². The molecule has 0 bridgehead atoms. The molecule has 0 unspecified atom stereocenters. The summed E-state index contributed by atoms with van der Waals surface area (Å²) in [5.74, 6) is 2.34. The highest BCUT2D eigenvalue weighted by atomic mass is 16.6. The number of benzene rings is 1. The van der Waals surface area contributed by atoms with Crippen molar-refractivity contribution >= 4 is 23.5 Å². The fourth-order valence-corrected chi connectivity index (χ4v) is 4.96. The molecule has 2 aromatic heterocycles. The van der Waals surface area contributed by atoms with Crippen LogP contribution in [0.25, 0.3) is 5.69 Å². The number of hydrogen-bond acceptors (Lipinski definition) is 8. The second-order valence-corrected chi connectivity index (χ2v) is 10.9. The monoisotopic (exact) mass is 519 g/mol. The molecule has 3 aromatic rings. The average molecular weight is 520 g/mol. The van der Waals surface area contributed by atoms with Crippen LogP contribution in [-0.4, -0.2) is 69.0 Å². The van der Waals surface area contributed by atoms with Crippen LogP contribution in [0.4, 0.5) is 22.2 Å². The zero-order chi connectivity index (χ0) is 26.9. The van der Waals surface area contributed by atoms with E-state index in [-0.39, 0.29) is 6.09 Å². The highest BCUT2D eigenvalue weighted by Gasteiger charge is 2.31. The van der Waals surface area contributed by atoms with Crippen LogP contribution in [0.3, 0.4) is 0 Å². The van der Waals surface area contributed by atoms with Crippen molar-refractivity contribution in [1.82, 2.24) is 24.4 Å². The number of carbonyl (C=O) groups is 1. The number of nitrogens with zero attached hydrogens (tertiary/aromatic N) is 6. The number of anilines is 3. The second-order valence-electron chi connectivity index (χ2n) is 10.9. The Morgan fingerprint density at radius 2 is 1.89 bits per heavy atom. The van der Waals surface area contributed by atoms with Crippen molar-refractivity contribution in [2.24, 2.45) is 0 Å². The summed E-state index contributed by atoms with van der Waals surface area (Å²) >= 11 is 0. The fraction of sp³-hybridized carbons (Fsp3) is 0.500. The van der Waals surface area contributed by atoms with Gasteiger partial charge in [0.15, 0.2) is 0 Å². The van der Waals surface area contributed by atoms with Gasteiger partial charge in [0, 0.05) is 68.6 Å². The first kappa shape index (κ1) is 26.0. The molecule has 202 valence electrons. The van der Waals surface area contributed by atoms with Gasteiger partial charge in [-0.3, -0.25) is 0 Å². The molecule has 0 radical (unpaired) electrons. The predicted molar refractivity (Wildman–Crippen MR) is 146 cm³/mol. The minimum Gasteiger partial charge on any atom is -0.444 e. The number of aromatic nitrogens is 4. The van der Waals surface area contributed by atoms with Gasteiger partial charge < -0.3 is 29.2 Å². The molecule has 0 saturated carbocycles. The number of fused-ring (bicyclic) bond motifs is 1.